The SMILES string of the molecule is CCOc1ccc(C(=O)C[C@H](NCc2ccc(Cl)cc2)C(=O)O)cc1. The molecule has 0 unspecified atom stereocenters. The minimum atomic E-state index is -1.06. The van der Waals surface area contributed by atoms with Gasteiger partial charge in [-0.1, -0.05) is 23.7 Å². The van der Waals surface area contributed by atoms with Gasteiger partial charge < -0.3 is 9.84 Å². The highest BCUT2D eigenvalue weighted by Crippen LogP contribution is 2.15. The maximum atomic E-state index is 12.3. The molecule has 0 aromatic heterocycles. The van der Waals surface area contributed by atoms with E-state index in [1.54, 1.807) is 36.4 Å². The number of halogens is 1. The molecule has 6 heteroatoms. The van der Waals surface area contributed by atoms with Crippen LogP contribution in [0.1, 0.15) is 29.3 Å². The number of rotatable bonds is 9. The summed E-state index contributed by atoms with van der Waals surface area (Å²) in [6.07, 6.45) is -0.128. The molecule has 0 saturated heterocycles. The van der Waals surface area contributed by atoms with E-state index in [0.29, 0.717) is 29.5 Å². The molecule has 0 bridgehead atoms. The number of ether oxygens (including phenoxy) is 1. The van der Waals surface area contributed by atoms with Gasteiger partial charge in [0.1, 0.15) is 11.8 Å². The van der Waals surface area contributed by atoms with Gasteiger partial charge in [-0.2, -0.15) is 0 Å². The maximum absolute atomic E-state index is 12.3. The van der Waals surface area contributed by atoms with Crippen LogP contribution in [-0.4, -0.2) is 29.5 Å². The van der Waals surface area contributed by atoms with Crippen LogP contribution in [0, 0.1) is 0 Å². The van der Waals surface area contributed by atoms with Crippen molar-refractivity contribution in [2.45, 2.75) is 25.9 Å². The van der Waals surface area contributed by atoms with Gasteiger partial charge in [-0.05, 0) is 48.9 Å². The first-order valence-electron chi connectivity index (χ1n) is 7.96. The third-order valence-corrected chi connectivity index (χ3v) is 3.89. The van der Waals surface area contributed by atoms with Gasteiger partial charge in [0.15, 0.2) is 5.78 Å². The lowest BCUT2D eigenvalue weighted by molar-refractivity contribution is -0.139. The zero-order valence-electron chi connectivity index (χ0n) is 13.9. The van der Waals surface area contributed by atoms with E-state index in [-0.39, 0.29) is 12.2 Å². The predicted molar refractivity (Wildman–Crippen MR) is 96.3 cm³/mol. The highest BCUT2D eigenvalue weighted by Gasteiger charge is 2.21. The van der Waals surface area contributed by atoms with Crippen LogP contribution >= 0.6 is 11.6 Å². The molecule has 0 aliphatic carbocycles. The molecule has 132 valence electrons. The van der Waals surface area contributed by atoms with Crippen molar-refractivity contribution < 1.29 is 19.4 Å². The summed E-state index contributed by atoms with van der Waals surface area (Å²) in [5.74, 6) is -0.623. The first-order chi connectivity index (χ1) is 12.0. The van der Waals surface area contributed by atoms with Gasteiger partial charge in [-0.15, -0.1) is 0 Å². The molecule has 2 aromatic rings. The lowest BCUT2D eigenvalue weighted by Gasteiger charge is -2.14. The van der Waals surface area contributed by atoms with Gasteiger partial charge in [-0.25, -0.2) is 0 Å². The molecule has 2 N–H and O–H groups in total. The van der Waals surface area contributed by atoms with Crippen molar-refractivity contribution in [1.29, 1.82) is 0 Å². The Kier molecular flexibility index (Phi) is 6.98. The summed E-state index contributed by atoms with van der Waals surface area (Å²) < 4.78 is 5.33. The Bertz CT molecular complexity index is 713. The van der Waals surface area contributed by atoms with Crippen LogP contribution in [0.4, 0.5) is 0 Å². The summed E-state index contributed by atoms with van der Waals surface area (Å²) in [4.78, 5) is 23.7. The van der Waals surface area contributed by atoms with Crippen LogP contribution in [0.5, 0.6) is 5.75 Å². The van der Waals surface area contributed by atoms with E-state index >= 15 is 0 Å². The topological polar surface area (TPSA) is 75.6 Å². The maximum Gasteiger partial charge on any atom is 0.321 e. The highest BCUT2D eigenvalue weighted by molar-refractivity contribution is 6.30. The number of carboxylic acids is 1. The monoisotopic (exact) mass is 361 g/mol. The molecule has 5 nitrogen and oxygen atoms in total. The van der Waals surface area contributed by atoms with E-state index in [2.05, 4.69) is 5.32 Å². The van der Waals surface area contributed by atoms with Gasteiger partial charge in [-0.3, -0.25) is 14.9 Å². The first-order valence-corrected chi connectivity index (χ1v) is 8.34. The fourth-order valence-corrected chi connectivity index (χ4v) is 2.42. The summed E-state index contributed by atoms with van der Waals surface area (Å²) in [5.41, 5.74) is 1.35. The van der Waals surface area contributed by atoms with E-state index < -0.39 is 12.0 Å². The molecule has 0 saturated carbocycles. The number of hydrogen-bond donors (Lipinski definition) is 2. The summed E-state index contributed by atoms with van der Waals surface area (Å²) in [7, 11) is 0. The van der Waals surface area contributed by atoms with Crippen molar-refractivity contribution in [3.63, 3.8) is 0 Å². The lowest BCUT2D eigenvalue weighted by atomic mass is 10.0. The molecule has 0 amide bonds. The molecular formula is C19H20ClNO4. The number of carbonyl (C=O) groups excluding carboxylic acids is 1. The van der Waals surface area contributed by atoms with Crippen LogP contribution in [0.15, 0.2) is 48.5 Å². The van der Waals surface area contributed by atoms with Crippen molar-refractivity contribution >= 4 is 23.4 Å². The summed E-state index contributed by atoms with van der Waals surface area (Å²) >= 11 is 5.82. The van der Waals surface area contributed by atoms with E-state index in [9.17, 15) is 14.7 Å². The fourth-order valence-electron chi connectivity index (χ4n) is 2.30. The molecule has 0 aliphatic rings. The Morgan fingerprint density at radius 3 is 2.32 bits per heavy atom. The Morgan fingerprint density at radius 2 is 1.76 bits per heavy atom. The number of Topliss-reactive ketones (excluding diaryl/α,β-unsaturated/α-hetero) is 1. The van der Waals surface area contributed by atoms with Crippen LogP contribution in [0.25, 0.3) is 0 Å². The van der Waals surface area contributed by atoms with Gasteiger partial charge >= 0.3 is 5.97 Å². The highest BCUT2D eigenvalue weighted by atomic mass is 35.5. The quantitative estimate of drug-likeness (QED) is 0.668. The average molecular weight is 362 g/mol. The van der Waals surface area contributed by atoms with Crippen molar-refractivity contribution in [3.05, 3.63) is 64.7 Å². The Balaban J connectivity index is 1.96. The summed E-state index contributed by atoms with van der Waals surface area (Å²) in [5, 5.41) is 12.9. The summed E-state index contributed by atoms with van der Waals surface area (Å²) in [6.45, 7) is 2.76. The van der Waals surface area contributed by atoms with E-state index in [1.165, 1.54) is 0 Å². The largest absolute Gasteiger partial charge is 0.494 e. The Hall–Kier alpha value is -2.37. The third-order valence-electron chi connectivity index (χ3n) is 3.64. The standard InChI is InChI=1S/C19H20ClNO4/c1-2-25-16-9-5-14(6-10-16)18(22)11-17(19(23)24)21-12-13-3-7-15(20)8-4-13/h3-10,17,21H,2,11-12H2,1H3,(H,23,24)/t17-/m0/s1. The zero-order valence-corrected chi connectivity index (χ0v) is 14.6. The van der Waals surface area contributed by atoms with Crippen LogP contribution < -0.4 is 10.1 Å². The normalized spacial score (nSPS) is 11.8. The lowest BCUT2D eigenvalue weighted by Crippen LogP contribution is -2.38. The summed E-state index contributed by atoms with van der Waals surface area (Å²) in [6, 6.07) is 12.8. The third kappa shape index (κ3) is 5.89. The van der Waals surface area contributed by atoms with Gasteiger partial charge in [0.2, 0.25) is 0 Å². The van der Waals surface area contributed by atoms with Crippen molar-refractivity contribution in [2.24, 2.45) is 0 Å². The number of hydrogen-bond acceptors (Lipinski definition) is 4. The number of benzene rings is 2. The number of carboxylic acid groups (broad SMARTS) is 1. The second kappa shape index (κ2) is 9.20. The van der Waals surface area contributed by atoms with E-state index in [4.69, 9.17) is 16.3 Å². The van der Waals surface area contributed by atoms with Gasteiger partial charge in [0, 0.05) is 23.6 Å². The van der Waals surface area contributed by atoms with Gasteiger partial charge in [0.25, 0.3) is 0 Å². The minimum absolute atomic E-state index is 0.128. The molecule has 0 heterocycles. The molecule has 0 aliphatic heterocycles. The second-order valence-corrected chi connectivity index (χ2v) is 5.92. The van der Waals surface area contributed by atoms with Crippen LogP contribution in [0.2, 0.25) is 5.02 Å². The molecule has 0 spiro atoms. The fraction of sp³-hybridized carbons (Fsp3) is 0.263. The van der Waals surface area contributed by atoms with Gasteiger partial charge in [0.05, 0.1) is 6.61 Å². The second-order valence-electron chi connectivity index (χ2n) is 5.48. The number of ketones is 1. The molecule has 0 radical (unpaired) electrons. The first kappa shape index (κ1) is 19.0. The minimum Gasteiger partial charge on any atom is -0.494 e. The number of nitrogens with one attached hydrogen (secondary N) is 1. The van der Waals surface area contributed by atoms with E-state index in [0.717, 1.165) is 5.56 Å². The molecule has 2 rings (SSSR count). The predicted octanol–water partition coefficient (Wildman–Crippen LogP) is 3.55. The van der Waals surface area contributed by atoms with Crippen molar-refractivity contribution in [2.75, 3.05) is 6.61 Å². The number of carbonyl (C=O) groups is 2. The van der Waals surface area contributed by atoms with Crippen LogP contribution in [0.3, 0.4) is 0 Å². The van der Waals surface area contributed by atoms with Crippen molar-refractivity contribution in [3.8, 4) is 5.75 Å². The average Bonchev–Trinajstić information content (AvgIpc) is 2.60. The molecule has 25 heavy (non-hydrogen) atoms. The molecule has 1 atom stereocenters. The van der Waals surface area contributed by atoms with E-state index in [1.807, 2.05) is 19.1 Å². The Labute approximate surface area is 151 Å². The van der Waals surface area contributed by atoms with Crippen molar-refractivity contribution in [1.82, 2.24) is 5.32 Å². The van der Waals surface area contributed by atoms with Crippen LogP contribution in [-0.2, 0) is 11.3 Å². The molecule has 0 fully saturated rings. The smallest absolute Gasteiger partial charge is 0.321 e. The molecular weight excluding hydrogens is 342 g/mol. The zero-order chi connectivity index (χ0) is 18.2. The number of aliphatic carboxylic acids is 1. The Morgan fingerprint density at radius 1 is 1.12 bits per heavy atom. The molecule has 2 aromatic carbocycles.